The van der Waals surface area contributed by atoms with Gasteiger partial charge in [-0.05, 0) is 46.6 Å². The van der Waals surface area contributed by atoms with Crippen LogP contribution < -0.4 is 5.73 Å². The van der Waals surface area contributed by atoms with Crippen LogP contribution in [-0.4, -0.2) is 42.3 Å². The fourth-order valence-corrected chi connectivity index (χ4v) is 3.92. The monoisotopic (exact) mass is 254 g/mol. The van der Waals surface area contributed by atoms with Gasteiger partial charge in [0.25, 0.3) is 0 Å². The van der Waals surface area contributed by atoms with Crippen LogP contribution in [0, 0.1) is 0 Å². The average molecular weight is 254 g/mol. The largest absolute Gasteiger partial charge is 0.375 e. The first-order valence-corrected chi connectivity index (χ1v) is 7.56. The van der Waals surface area contributed by atoms with Gasteiger partial charge in [0, 0.05) is 24.7 Å². The average Bonchev–Trinajstić information content (AvgIpc) is 2.37. The van der Waals surface area contributed by atoms with Crippen molar-refractivity contribution in [1.82, 2.24) is 4.90 Å². The molecule has 1 heterocycles. The van der Waals surface area contributed by atoms with E-state index >= 15 is 0 Å². The molecule has 0 amide bonds. The van der Waals surface area contributed by atoms with Gasteiger partial charge < -0.3 is 10.5 Å². The topological polar surface area (TPSA) is 38.5 Å². The molecule has 2 N–H and O–H groups in total. The first kappa shape index (κ1) is 14.3. The summed E-state index contributed by atoms with van der Waals surface area (Å²) in [6, 6.07) is 0.733. The summed E-state index contributed by atoms with van der Waals surface area (Å²) in [5.41, 5.74) is 6.30. The summed E-state index contributed by atoms with van der Waals surface area (Å²) in [4.78, 5) is 2.61. The molecule has 1 saturated heterocycles. The predicted octanol–water partition coefficient (Wildman–Crippen LogP) is 2.54. The van der Waals surface area contributed by atoms with Crippen LogP contribution in [0.1, 0.15) is 58.8 Å². The molecular weight excluding hydrogens is 224 g/mol. The molecule has 1 saturated carbocycles. The third-order valence-corrected chi connectivity index (χ3v) is 5.07. The lowest BCUT2D eigenvalue weighted by Crippen LogP contribution is -2.62. The summed E-state index contributed by atoms with van der Waals surface area (Å²) < 4.78 is 5.88. The van der Waals surface area contributed by atoms with E-state index in [4.69, 9.17) is 10.5 Å². The van der Waals surface area contributed by atoms with Gasteiger partial charge in [0.15, 0.2) is 0 Å². The zero-order valence-electron chi connectivity index (χ0n) is 12.4. The minimum atomic E-state index is -0.0272. The predicted molar refractivity (Wildman–Crippen MR) is 75.7 cm³/mol. The molecule has 3 heteroatoms. The van der Waals surface area contributed by atoms with Crippen molar-refractivity contribution in [3.05, 3.63) is 0 Å². The van der Waals surface area contributed by atoms with E-state index in [2.05, 4.69) is 25.8 Å². The van der Waals surface area contributed by atoms with Crippen LogP contribution in [0.15, 0.2) is 0 Å². The minimum absolute atomic E-state index is 0.0272. The Morgan fingerprint density at radius 3 is 2.44 bits per heavy atom. The van der Waals surface area contributed by atoms with Crippen LogP contribution in [0.3, 0.4) is 0 Å². The number of hydrogen-bond donors (Lipinski definition) is 1. The lowest BCUT2D eigenvalue weighted by Gasteiger charge is -2.52. The molecule has 3 nitrogen and oxygen atoms in total. The van der Waals surface area contributed by atoms with Gasteiger partial charge in [-0.1, -0.05) is 19.3 Å². The second kappa shape index (κ2) is 5.48. The Labute approximate surface area is 112 Å². The van der Waals surface area contributed by atoms with Gasteiger partial charge in [-0.25, -0.2) is 0 Å². The Morgan fingerprint density at radius 2 is 1.89 bits per heavy atom. The lowest BCUT2D eigenvalue weighted by molar-refractivity contribution is -0.122. The van der Waals surface area contributed by atoms with E-state index in [0.29, 0.717) is 0 Å². The Balaban J connectivity index is 2.10. The fraction of sp³-hybridized carbons (Fsp3) is 1.00. The number of nitrogens with two attached hydrogens (primary N) is 1. The molecule has 0 radical (unpaired) electrons. The van der Waals surface area contributed by atoms with E-state index in [-0.39, 0.29) is 11.1 Å². The van der Waals surface area contributed by atoms with Crippen molar-refractivity contribution in [2.45, 2.75) is 76.0 Å². The minimum Gasteiger partial charge on any atom is -0.375 e. The number of likely N-dealkylation sites (N-methyl/N-ethyl adjacent to an activating group) is 1. The van der Waals surface area contributed by atoms with Crippen LogP contribution in [0.2, 0.25) is 0 Å². The summed E-state index contributed by atoms with van der Waals surface area (Å²) in [7, 11) is 2.30. The normalized spacial score (nSPS) is 33.8. The van der Waals surface area contributed by atoms with Crippen LogP contribution in [-0.2, 0) is 4.74 Å². The summed E-state index contributed by atoms with van der Waals surface area (Å²) in [5, 5.41) is 0. The maximum absolute atomic E-state index is 6.17. The van der Waals surface area contributed by atoms with Crippen molar-refractivity contribution in [2.24, 2.45) is 5.73 Å². The Hall–Kier alpha value is -0.120. The highest BCUT2D eigenvalue weighted by Gasteiger charge is 2.44. The first-order chi connectivity index (χ1) is 8.49. The zero-order valence-corrected chi connectivity index (χ0v) is 12.4. The highest BCUT2D eigenvalue weighted by Crippen LogP contribution is 2.38. The molecule has 2 rings (SSSR count). The van der Waals surface area contributed by atoms with E-state index in [1.807, 2.05) is 0 Å². The maximum Gasteiger partial charge on any atom is 0.0644 e. The van der Waals surface area contributed by atoms with E-state index in [9.17, 15) is 0 Å². The summed E-state index contributed by atoms with van der Waals surface area (Å²) in [6.45, 7) is 6.00. The fourth-order valence-electron chi connectivity index (χ4n) is 3.92. The molecule has 2 aliphatic rings. The van der Waals surface area contributed by atoms with E-state index in [1.54, 1.807) is 0 Å². The molecule has 18 heavy (non-hydrogen) atoms. The second-order valence-electron chi connectivity index (χ2n) is 6.87. The molecule has 0 aromatic heterocycles. The molecule has 106 valence electrons. The molecule has 1 unspecified atom stereocenters. The molecule has 1 aliphatic heterocycles. The van der Waals surface area contributed by atoms with Crippen molar-refractivity contribution < 1.29 is 4.74 Å². The van der Waals surface area contributed by atoms with E-state index < -0.39 is 0 Å². The SMILES string of the molecule is CN(C1CCCCC1)C1(CN)CCOC(C)(C)C1. The van der Waals surface area contributed by atoms with E-state index in [0.717, 1.165) is 32.0 Å². The van der Waals surface area contributed by atoms with Gasteiger partial charge in [-0.15, -0.1) is 0 Å². The quantitative estimate of drug-likeness (QED) is 0.841. The van der Waals surface area contributed by atoms with Crippen LogP contribution in [0.5, 0.6) is 0 Å². The second-order valence-corrected chi connectivity index (χ2v) is 6.87. The van der Waals surface area contributed by atoms with Gasteiger partial charge in [0.05, 0.1) is 5.60 Å². The Morgan fingerprint density at radius 1 is 1.22 bits per heavy atom. The number of nitrogens with zero attached hydrogens (tertiary/aromatic N) is 1. The molecule has 0 aromatic carbocycles. The number of hydrogen-bond acceptors (Lipinski definition) is 3. The highest BCUT2D eigenvalue weighted by molar-refractivity contribution is 5.00. The van der Waals surface area contributed by atoms with Crippen LogP contribution in [0.25, 0.3) is 0 Å². The van der Waals surface area contributed by atoms with Crippen molar-refractivity contribution in [3.8, 4) is 0 Å². The zero-order chi connectivity index (χ0) is 13.2. The molecule has 1 aliphatic carbocycles. The van der Waals surface area contributed by atoms with E-state index in [1.165, 1.54) is 32.1 Å². The Bertz CT molecular complexity index is 274. The van der Waals surface area contributed by atoms with Crippen molar-refractivity contribution in [2.75, 3.05) is 20.2 Å². The standard InChI is InChI=1S/C15H30N2O/c1-14(2)11-15(12-16,9-10-18-14)17(3)13-7-5-4-6-8-13/h13H,4-12,16H2,1-3H3. The molecule has 0 spiro atoms. The lowest BCUT2D eigenvalue weighted by atomic mass is 9.78. The van der Waals surface area contributed by atoms with Gasteiger partial charge in [-0.3, -0.25) is 4.90 Å². The van der Waals surface area contributed by atoms with Gasteiger partial charge in [-0.2, -0.15) is 0 Å². The third kappa shape index (κ3) is 2.89. The van der Waals surface area contributed by atoms with Crippen molar-refractivity contribution in [3.63, 3.8) is 0 Å². The molecule has 0 aromatic rings. The summed E-state index contributed by atoms with van der Waals surface area (Å²) >= 11 is 0. The van der Waals surface area contributed by atoms with Crippen molar-refractivity contribution in [1.29, 1.82) is 0 Å². The van der Waals surface area contributed by atoms with Gasteiger partial charge in [0.1, 0.15) is 0 Å². The van der Waals surface area contributed by atoms with Gasteiger partial charge in [0.2, 0.25) is 0 Å². The summed E-state index contributed by atoms with van der Waals surface area (Å²) in [6.07, 6.45) is 9.02. The molecule has 2 fully saturated rings. The highest BCUT2D eigenvalue weighted by atomic mass is 16.5. The van der Waals surface area contributed by atoms with Crippen LogP contribution >= 0.6 is 0 Å². The van der Waals surface area contributed by atoms with Crippen molar-refractivity contribution >= 4 is 0 Å². The van der Waals surface area contributed by atoms with Crippen LogP contribution in [0.4, 0.5) is 0 Å². The Kier molecular flexibility index (Phi) is 4.35. The molecular formula is C15H30N2O. The van der Waals surface area contributed by atoms with Gasteiger partial charge >= 0.3 is 0 Å². The number of ether oxygens (including phenoxy) is 1. The smallest absolute Gasteiger partial charge is 0.0644 e. The third-order valence-electron chi connectivity index (χ3n) is 5.07. The molecule has 1 atom stereocenters. The number of rotatable bonds is 3. The molecule has 0 bridgehead atoms. The summed E-state index contributed by atoms with van der Waals surface area (Å²) in [5.74, 6) is 0. The first-order valence-electron chi connectivity index (χ1n) is 7.56. The maximum atomic E-state index is 6.17.